The SMILES string of the molecule is Cc1nc(C23CCC(C(=O)O)(CC2)CC3)ccc1-n1nc(-c2cccc3[nH]c(C(O)Cc4ccccc4)nc23)c(C(C)C)c1C. The van der Waals surface area contributed by atoms with E-state index in [1.54, 1.807) is 0 Å². The van der Waals surface area contributed by atoms with Gasteiger partial charge in [0, 0.05) is 34.4 Å². The summed E-state index contributed by atoms with van der Waals surface area (Å²) in [5.74, 6) is 0.132. The lowest BCUT2D eigenvalue weighted by molar-refractivity contribution is -0.156. The zero-order valence-corrected chi connectivity index (χ0v) is 26.5. The van der Waals surface area contributed by atoms with Crippen molar-refractivity contribution in [1.29, 1.82) is 0 Å². The summed E-state index contributed by atoms with van der Waals surface area (Å²) in [5.41, 5.74) is 9.12. The number of benzene rings is 2. The molecule has 8 nitrogen and oxygen atoms in total. The molecule has 2 bridgehead atoms. The van der Waals surface area contributed by atoms with Crippen LogP contribution in [0.1, 0.15) is 98.4 Å². The Morgan fingerprint density at radius 3 is 2.29 bits per heavy atom. The first-order valence-corrected chi connectivity index (χ1v) is 16.1. The van der Waals surface area contributed by atoms with E-state index in [4.69, 9.17) is 15.1 Å². The molecule has 3 fully saturated rings. The highest BCUT2D eigenvalue weighted by atomic mass is 16.4. The summed E-state index contributed by atoms with van der Waals surface area (Å²) >= 11 is 0. The van der Waals surface area contributed by atoms with Crippen LogP contribution in [0.25, 0.3) is 28.0 Å². The fourth-order valence-electron chi connectivity index (χ4n) is 7.94. The summed E-state index contributed by atoms with van der Waals surface area (Å²) < 4.78 is 2.02. The summed E-state index contributed by atoms with van der Waals surface area (Å²) in [6, 6.07) is 20.3. The van der Waals surface area contributed by atoms with Gasteiger partial charge in [0.15, 0.2) is 0 Å². The first-order valence-electron chi connectivity index (χ1n) is 16.1. The van der Waals surface area contributed by atoms with Crippen molar-refractivity contribution in [2.45, 2.75) is 90.1 Å². The fourth-order valence-corrected chi connectivity index (χ4v) is 7.94. The van der Waals surface area contributed by atoms with Crippen molar-refractivity contribution >= 4 is 17.0 Å². The number of carboxylic acids is 1. The third kappa shape index (κ3) is 4.86. The maximum absolute atomic E-state index is 12.0. The first-order chi connectivity index (χ1) is 21.6. The number of carboxylic acid groups (broad SMARTS) is 1. The van der Waals surface area contributed by atoms with Crippen molar-refractivity contribution in [3.05, 3.63) is 94.7 Å². The van der Waals surface area contributed by atoms with Crippen LogP contribution < -0.4 is 0 Å². The predicted molar refractivity (Wildman–Crippen MR) is 175 cm³/mol. The monoisotopic (exact) mass is 603 g/mol. The number of nitrogens with zero attached hydrogens (tertiary/aromatic N) is 4. The number of imidazole rings is 1. The number of aromatic nitrogens is 5. The third-order valence-electron chi connectivity index (χ3n) is 10.6. The van der Waals surface area contributed by atoms with Crippen LogP contribution in [0.3, 0.4) is 0 Å². The highest BCUT2D eigenvalue weighted by Crippen LogP contribution is 2.57. The highest BCUT2D eigenvalue weighted by molar-refractivity contribution is 5.92. The van der Waals surface area contributed by atoms with Crippen LogP contribution in [0.5, 0.6) is 0 Å². The van der Waals surface area contributed by atoms with Crippen LogP contribution in [-0.4, -0.2) is 40.9 Å². The molecule has 0 amide bonds. The second kappa shape index (κ2) is 10.9. The number of aryl methyl sites for hydroxylation is 1. The molecule has 3 heterocycles. The minimum absolute atomic E-state index is 0.0354. The van der Waals surface area contributed by atoms with Crippen molar-refractivity contribution in [3.8, 4) is 16.9 Å². The molecule has 1 atom stereocenters. The maximum Gasteiger partial charge on any atom is 0.309 e. The molecule has 3 N–H and O–H groups in total. The second-order valence-electron chi connectivity index (χ2n) is 13.6. The number of nitrogens with one attached hydrogen (secondary N) is 1. The zero-order chi connectivity index (χ0) is 31.5. The number of carbonyl (C=O) groups is 1. The molecule has 5 aromatic rings. The van der Waals surface area contributed by atoms with Crippen molar-refractivity contribution in [1.82, 2.24) is 24.7 Å². The van der Waals surface area contributed by atoms with E-state index < -0.39 is 17.5 Å². The van der Waals surface area contributed by atoms with Gasteiger partial charge in [0.25, 0.3) is 0 Å². The average Bonchev–Trinajstić information content (AvgIpc) is 3.64. The standard InChI is InChI=1S/C37H41N5O3/c1-22(2)31-24(4)42(28-13-14-30(38-23(28)3)36-15-18-37(19-16-36,20-17-36)35(44)45)41-33(31)26-11-8-12-27-32(26)40-34(39-27)29(43)21-25-9-6-5-7-10-25/h5-14,22,29,43H,15-21H2,1-4H3,(H,39,40)(H,44,45). The number of aliphatic carboxylic acids is 1. The molecule has 45 heavy (non-hydrogen) atoms. The molecule has 3 saturated carbocycles. The molecule has 0 saturated heterocycles. The normalized spacial score (nSPS) is 21.9. The van der Waals surface area contributed by atoms with Gasteiger partial charge in [0.05, 0.1) is 33.5 Å². The van der Waals surface area contributed by atoms with E-state index in [1.807, 2.05) is 54.1 Å². The predicted octanol–water partition coefficient (Wildman–Crippen LogP) is 7.50. The number of aliphatic hydroxyl groups excluding tert-OH is 1. The van der Waals surface area contributed by atoms with Gasteiger partial charge in [-0.1, -0.05) is 56.3 Å². The van der Waals surface area contributed by atoms with E-state index in [-0.39, 0.29) is 11.3 Å². The maximum atomic E-state index is 12.0. The molecule has 3 aliphatic rings. The number of aliphatic hydroxyl groups is 1. The minimum atomic E-state index is -0.753. The van der Waals surface area contributed by atoms with Gasteiger partial charge in [-0.3, -0.25) is 9.78 Å². The van der Waals surface area contributed by atoms with Crippen molar-refractivity contribution < 1.29 is 15.0 Å². The van der Waals surface area contributed by atoms with E-state index in [1.165, 1.54) is 0 Å². The van der Waals surface area contributed by atoms with Crippen molar-refractivity contribution in [3.63, 3.8) is 0 Å². The van der Waals surface area contributed by atoms with Crippen LogP contribution >= 0.6 is 0 Å². The number of hydrogen-bond acceptors (Lipinski definition) is 5. The lowest BCUT2D eigenvalue weighted by Crippen LogP contribution is -2.48. The number of H-pyrrole nitrogens is 1. The molecular formula is C37H41N5O3. The Kier molecular flexibility index (Phi) is 7.15. The Morgan fingerprint density at radius 2 is 1.64 bits per heavy atom. The Bertz CT molecular complexity index is 1880. The van der Waals surface area contributed by atoms with Crippen molar-refractivity contribution in [2.75, 3.05) is 0 Å². The summed E-state index contributed by atoms with van der Waals surface area (Å²) in [5, 5.41) is 26.1. The van der Waals surface area contributed by atoms with Gasteiger partial charge in [0.2, 0.25) is 0 Å². The molecular weight excluding hydrogens is 562 g/mol. The molecule has 3 aliphatic carbocycles. The summed E-state index contributed by atoms with van der Waals surface area (Å²) in [7, 11) is 0. The molecule has 0 radical (unpaired) electrons. The number of aromatic amines is 1. The van der Waals surface area contributed by atoms with Crippen LogP contribution in [-0.2, 0) is 16.6 Å². The molecule has 8 rings (SSSR count). The lowest BCUT2D eigenvalue weighted by Gasteiger charge is -2.51. The molecule has 0 aliphatic heterocycles. The summed E-state index contributed by atoms with van der Waals surface area (Å²) in [4.78, 5) is 25.4. The third-order valence-corrected chi connectivity index (χ3v) is 10.6. The minimum Gasteiger partial charge on any atom is -0.481 e. The molecule has 232 valence electrons. The molecule has 0 spiro atoms. The topological polar surface area (TPSA) is 117 Å². The average molecular weight is 604 g/mol. The van der Waals surface area contributed by atoms with Gasteiger partial charge in [-0.2, -0.15) is 5.10 Å². The Labute approximate surface area is 263 Å². The number of hydrogen-bond donors (Lipinski definition) is 3. The largest absolute Gasteiger partial charge is 0.481 e. The van der Waals surface area contributed by atoms with E-state index in [0.717, 1.165) is 94.7 Å². The Balaban J connectivity index is 1.24. The van der Waals surface area contributed by atoms with Gasteiger partial charge in [-0.05, 0) is 82.1 Å². The first kappa shape index (κ1) is 29.4. The van der Waals surface area contributed by atoms with Gasteiger partial charge in [0.1, 0.15) is 11.9 Å². The van der Waals surface area contributed by atoms with Crippen LogP contribution in [0.4, 0.5) is 0 Å². The Morgan fingerprint density at radius 1 is 0.933 bits per heavy atom. The zero-order valence-electron chi connectivity index (χ0n) is 26.5. The van der Waals surface area contributed by atoms with E-state index in [2.05, 4.69) is 44.0 Å². The van der Waals surface area contributed by atoms with Crippen LogP contribution in [0.2, 0.25) is 0 Å². The Hall–Kier alpha value is -4.30. The number of rotatable bonds is 8. The van der Waals surface area contributed by atoms with Gasteiger partial charge < -0.3 is 15.2 Å². The van der Waals surface area contributed by atoms with Crippen LogP contribution in [0.15, 0.2) is 60.7 Å². The van der Waals surface area contributed by atoms with Crippen LogP contribution in [0, 0.1) is 19.3 Å². The molecule has 3 aromatic heterocycles. The molecule has 8 heteroatoms. The van der Waals surface area contributed by atoms with Gasteiger partial charge in [-0.25, -0.2) is 9.67 Å². The van der Waals surface area contributed by atoms with Gasteiger partial charge >= 0.3 is 5.97 Å². The number of para-hydroxylation sites is 1. The van der Waals surface area contributed by atoms with Crippen molar-refractivity contribution in [2.24, 2.45) is 5.41 Å². The van der Waals surface area contributed by atoms with E-state index >= 15 is 0 Å². The molecule has 1 unspecified atom stereocenters. The lowest BCUT2D eigenvalue weighted by atomic mass is 9.52. The molecule has 2 aromatic carbocycles. The highest BCUT2D eigenvalue weighted by Gasteiger charge is 2.53. The number of pyridine rings is 1. The van der Waals surface area contributed by atoms with E-state index in [0.29, 0.717) is 12.2 Å². The van der Waals surface area contributed by atoms with Gasteiger partial charge in [-0.15, -0.1) is 0 Å². The fraction of sp³-hybridized carbons (Fsp3) is 0.405. The number of fused-ring (bicyclic) bond motifs is 4. The summed E-state index contributed by atoms with van der Waals surface area (Å²) in [6.07, 6.45) is 4.55. The second-order valence-corrected chi connectivity index (χ2v) is 13.6. The van der Waals surface area contributed by atoms with E-state index in [9.17, 15) is 15.0 Å². The quantitative estimate of drug-likeness (QED) is 0.169. The summed E-state index contributed by atoms with van der Waals surface area (Å²) in [6.45, 7) is 8.54. The smallest absolute Gasteiger partial charge is 0.309 e.